The lowest BCUT2D eigenvalue weighted by molar-refractivity contribution is 0.752. The average molecular weight is 312 g/mol. The molecule has 0 saturated carbocycles. The van der Waals surface area contributed by atoms with Crippen molar-refractivity contribution in [1.82, 2.24) is 0 Å². The first-order valence-corrected chi connectivity index (χ1v) is 7.14. The normalized spacial score (nSPS) is 11.9. The molecule has 0 amide bonds. The third-order valence-corrected chi connectivity index (χ3v) is 3.40. The second-order valence-corrected chi connectivity index (χ2v) is 9.30. The number of alkyl halides is 2. The Bertz CT molecular complexity index is 279. The number of halogens is 3. The predicted octanol–water partition coefficient (Wildman–Crippen LogP) is 3.27. The molecule has 0 spiro atoms. The van der Waals surface area contributed by atoms with Gasteiger partial charge in [0, 0.05) is 14.7 Å². The number of hydrogen-bond donors (Lipinski definition) is 0. The zero-order chi connectivity index (χ0) is 10.6. The van der Waals surface area contributed by atoms with Crippen LogP contribution in [0.25, 0.3) is 0 Å². The first kappa shape index (κ1) is 12.6. The molecule has 1 aromatic rings. The second kappa shape index (κ2) is 5.55. The summed E-state index contributed by atoms with van der Waals surface area (Å²) in [6.45, 7) is 0. The lowest BCUT2D eigenvalue weighted by Gasteiger charge is -2.12. The Balaban J connectivity index is 2.35. The molecular formula is C10H13BrCl2Si. The molecule has 14 heavy (non-hydrogen) atoms. The van der Waals surface area contributed by atoms with E-state index in [4.69, 9.17) is 23.2 Å². The molecule has 1 rings (SSSR count). The first-order chi connectivity index (χ1) is 6.47. The number of benzene rings is 1. The fraction of sp³-hybridized carbons (Fsp3) is 0.400. The maximum atomic E-state index is 5.94. The monoisotopic (exact) mass is 310 g/mol. The molecule has 78 valence electrons. The maximum Gasteiger partial charge on any atom is 0.0972 e. The topological polar surface area (TPSA) is 0 Å². The molecule has 0 atom stereocenters. The molecule has 0 aromatic heterocycles. The summed E-state index contributed by atoms with van der Waals surface area (Å²) in [6.07, 6.45) is 2.99. The minimum absolute atomic E-state index is 0.449. The highest BCUT2D eigenvalue weighted by molar-refractivity contribution is 9.10. The SMILES string of the molecule is [SiH3]C(Cl)(Cl)CCCc1ccc(Br)cc1. The predicted molar refractivity (Wildman–Crippen MR) is 71.5 cm³/mol. The Morgan fingerprint density at radius 3 is 2.29 bits per heavy atom. The van der Waals surface area contributed by atoms with Crippen molar-refractivity contribution in [2.45, 2.75) is 23.2 Å². The Morgan fingerprint density at radius 2 is 1.79 bits per heavy atom. The zero-order valence-corrected chi connectivity index (χ0v) is 13.2. The van der Waals surface area contributed by atoms with Gasteiger partial charge in [0.05, 0.1) is 3.96 Å². The first-order valence-electron chi connectivity index (χ1n) is 4.60. The summed E-state index contributed by atoms with van der Waals surface area (Å²) >= 11 is 15.3. The number of rotatable bonds is 4. The van der Waals surface area contributed by atoms with Crippen molar-refractivity contribution >= 4 is 49.4 Å². The zero-order valence-electron chi connectivity index (χ0n) is 8.06. The molecule has 0 saturated heterocycles. The van der Waals surface area contributed by atoms with Gasteiger partial charge >= 0.3 is 0 Å². The van der Waals surface area contributed by atoms with E-state index in [2.05, 4.69) is 40.2 Å². The molecule has 4 heteroatoms. The summed E-state index contributed by atoms with van der Waals surface area (Å²) < 4.78 is 0.670. The van der Waals surface area contributed by atoms with Crippen LogP contribution in [0.3, 0.4) is 0 Å². The fourth-order valence-electron chi connectivity index (χ4n) is 1.25. The minimum atomic E-state index is -0.449. The van der Waals surface area contributed by atoms with E-state index >= 15 is 0 Å². The standard InChI is InChI=1S/C10H13BrCl2Si/c11-9-5-3-8(4-6-9)2-1-7-10(12,13)14/h3-6H,1-2,7H2,14H3. The van der Waals surface area contributed by atoms with Crippen LogP contribution in [0.15, 0.2) is 28.7 Å². The molecule has 1 aromatic carbocycles. The molecule has 0 bridgehead atoms. The minimum Gasteiger partial charge on any atom is -0.107 e. The highest BCUT2D eigenvalue weighted by Gasteiger charge is 2.14. The van der Waals surface area contributed by atoms with Crippen LogP contribution in [0.4, 0.5) is 0 Å². The van der Waals surface area contributed by atoms with Crippen molar-refractivity contribution in [1.29, 1.82) is 0 Å². The van der Waals surface area contributed by atoms with Crippen LogP contribution in [0.5, 0.6) is 0 Å². The quantitative estimate of drug-likeness (QED) is 0.591. The molecule has 0 N–H and O–H groups in total. The van der Waals surface area contributed by atoms with E-state index in [1.165, 1.54) is 5.56 Å². The van der Waals surface area contributed by atoms with Gasteiger partial charge in [-0.05, 0) is 37.0 Å². The van der Waals surface area contributed by atoms with Crippen molar-refractivity contribution in [3.8, 4) is 0 Å². The summed E-state index contributed by atoms with van der Waals surface area (Å²) in [5, 5.41) is 0. The fourth-order valence-corrected chi connectivity index (χ4v) is 2.14. The molecule has 0 fully saturated rings. The van der Waals surface area contributed by atoms with Crippen LogP contribution in [0.2, 0.25) is 0 Å². The summed E-state index contributed by atoms with van der Waals surface area (Å²) in [5.41, 5.74) is 1.34. The van der Waals surface area contributed by atoms with Gasteiger partial charge < -0.3 is 0 Å². The lowest BCUT2D eigenvalue weighted by Crippen LogP contribution is -2.11. The van der Waals surface area contributed by atoms with Gasteiger partial charge in [0.25, 0.3) is 0 Å². The van der Waals surface area contributed by atoms with Crippen LogP contribution >= 0.6 is 39.1 Å². The molecule has 0 nitrogen and oxygen atoms in total. The largest absolute Gasteiger partial charge is 0.107 e. The molecule has 0 unspecified atom stereocenters. The van der Waals surface area contributed by atoms with E-state index in [-0.39, 0.29) is 0 Å². The van der Waals surface area contributed by atoms with Crippen molar-refractivity contribution in [2.75, 3.05) is 0 Å². The maximum absolute atomic E-state index is 5.94. The molecule has 0 heterocycles. The Hall–Kier alpha value is 0.497. The van der Waals surface area contributed by atoms with Crippen LogP contribution in [-0.2, 0) is 6.42 Å². The van der Waals surface area contributed by atoms with Gasteiger partial charge in [-0.1, -0.05) is 28.1 Å². The Labute approximate surface area is 107 Å². The molecule has 0 aliphatic rings. The van der Waals surface area contributed by atoms with Crippen molar-refractivity contribution < 1.29 is 0 Å². The lowest BCUT2D eigenvalue weighted by atomic mass is 10.1. The number of aryl methyl sites for hydroxylation is 1. The molecule has 0 aliphatic heterocycles. The van der Waals surface area contributed by atoms with Gasteiger partial charge in [-0.3, -0.25) is 0 Å². The summed E-state index contributed by atoms with van der Waals surface area (Å²) in [5.74, 6) is 0. The van der Waals surface area contributed by atoms with Gasteiger partial charge in [0.2, 0.25) is 0 Å². The van der Waals surface area contributed by atoms with E-state index in [1.807, 2.05) is 0 Å². The number of hydrogen-bond acceptors (Lipinski definition) is 0. The van der Waals surface area contributed by atoms with Gasteiger partial charge in [-0.15, -0.1) is 23.2 Å². The summed E-state index contributed by atoms with van der Waals surface area (Å²) in [6, 6.07) is 8.37. The van der Waals surface area contributed by atoms with E-state index < -0.39 is 3.96 Å². The molecule has 0 radical (unpaired) electrons. The highest BCUT2D eigenvalue weighted by Crippen LogP contribution is 2.23. The second-order valence-electron chi connectivity index (χ2n) is 3.55. The van der Waals surface area contributed by atoms with Crippen molar-refractivity contribution in [3.05, 3.63) is 34.3 Å². The summed E-state index contributed by atoms with van der Waals surface area (Å²) in [4.78, 5) is 0. The Morgan fingerprint density at radius 1 is 1.21 bits per heavy atom. The van der Waals surface area contributed by atoms with Gasteiger partial charge in [-0.25, -0.2) is 0 Å². The van der Waals surface area contributed by atoms with E-state index in [1.54, 1.807) is 0 Å². The third kappa shape index (κ3) is 5.40. The average Bonchev–Trinajstić information content (AvgIpc) is 2.06. The van der Waals surface area contributed by atoms with Crippen molar-refractivity contribution in [2.24, 2.45) is 0 Å². The van der Waals surface area contributed by atoms with Gasteiger partial charge in [0.1, 0.15) is 0 Å². The third-order valence-electron chi connectivity index (χ3n) is 1.99. The van der Waals surface area contributed by atoms with Crippen molar-refractivity contribution in [3.63, 3.8) is 0 Å². The molecule has 0 aliphatic carbocycles. The summed E-state index contributed by atoms with van der Waals surface area (Å²) in [7, 11) is 0.827. The van der Waals surface area contributed by atoms with E-state index in [0.717, 1.165) is 34.0 Å². The van der Waals surface area contributed by atoms with Crippen LogP contribution in [-0.4, -0.2) is 14.2 Å². The van der Waals surface area contributed by atoms with Crippen LogP contribution < -0.4 is 0 Å². The van der Waals surface area contributed by atoms with Gasteiger partial charge in [-0.2, -0.15) is 0 Å². The van der Waals surface area contributed by atoms with E-state index in [0.29, 0.717) is 0 Å². The van der Waals surface area contributed by atoms with Crippen LogP contribution in [0.1, 0.15) is 18.4 Å². The van der Waals surface area contributed by atoms with E-state index in [9.17, 15) is 0 Å². The van der Waals surface area contributed by atoms with Gasteiger partial charge in [0.15, 0.2) is 0 Å². The molecular weight excluding hydrogens is 299 g/mol. The smallest absolute Gasteiger partial charge is 0.0972 e. The highest BCUT2D eigenvalue weighted by atomic mass is 79.9. The Kier molecular flexibility index (Phi) is 4.98. The van der Waals surface area contributed by atoms with Crippen LogP contribution in [0, 0.1) is 0 Å².